The van der Waals surface area contributed by atoms with Crippen LogP contribution in [0.15, 0.2) is 36.5 Å². The number of hydrogen-bond acceptors (Lipinski definition) is 6. The van der Waals surface area contributed by atoms with Gasteiger partial charge in [-0.25, -0.2) is 4.98 Å². The number of amides is 1. The largest absolute Gasteiger partial charge is 0.373 e. The van der Waals surface area contributed by atoms with E-state index in [0.29, 0.717) is 18.8 Å². The Balaban J connectivity index is 1.28. The normalized spacial score (nSPS) is 27.6. The Morgan fingerprint density at radius 1 is 1.06 bits per heavy atom. The number of nitrogens with one attached hydrogen (secondary N) is 1. The second-order valence-corrected chi connectivity index (χ2v) is 11.8. The molecule has 7 nitrogen and oxygen atoms in total. The molecule has 2 atom stereocenters. The highest BCUT2D eigenvalue weighted by Gasteiger charge is 2.36. The van der Waals surface area contributed by atoms with E-state index in [1.807, 2.05) is 11.0 Å². The van der Waals surface area contributed by atoms with Gasteiger partial charge in [0, 0.05) is 36.5 Å². The molecule has 1 amide bonds. The van der Waals surface area contributed by atoms with Gasteiger partial charge in [0.05, 0.1) is 41.8 Å². The van der Waals surface area contributed by atoms with Crippen molar-refractivity contribution in [3.05, 3.63) is 42.1 Å². The summed E-state index contributed by atoms with van der Waals surface area (Å²) < 4.78 is 12.3. The highest BCUT2D eigenvalue weighted by atomic mass is 16.5. The molecule has 2 saturated heterocycles. The topological polar surface area (TPSA) is 66.9 Å². The number of ether oxygens (including phenoxy) is 2. The van der Waals surface area contributed by atoms with Gasteiger partial charge in [-0.3, -0.25) is 4.79 Å². The average Bonchev–Trinajstić information content (AvgIpc) is 3.10. The molecule has 1 aliphatic carbocycles. The first-order valence-corrected chi connectivity index (χ1v) is 13.6. The van der Waals surface area contributed by atoms with Crippen LogP contribution >= 0.6 is 0 Å². The van der Waals surface area contributed by atoms with E-state index in [1.165, 1.54) is 0 Å². The Labute approximate surface area is 214 Å². The molecule has 4 heterocycles. The lowest BCUT2D eigenvalue weighted by Gasteiger charge is -2.36. The molecule has 7 heteroatoms. The summed E-state index contributed by atoms with van der Waals surface area (Å²) in [5.41, 5.74) is 3.93. The van der Waals surface area contributed by atoms with Crippen molar-refractivity contribution in [1.29, 1.82) is 0 Å². The Kier molecular flexibility index (Phi) is 6.16. The van der Waals surface area contributed by atoms with Gasteiger partial charge in [0.25, 0.3) is 0 Å². The Morgan fingerprint density at radius 3 is 2.53 bits per heavy atom. The number of carbonyl (C=O) groups is 1. The molecule has 2 aromatic rings. The number of anilines is 4. The fourth-order valence-corrected chi connectivity index (χ4v) is 6.28. The van der Waals surface area contributed by atoms with Gasteiger partial charge in [-0.05, 0) is 83.6 Å². The summed E-state index contributed by atoms with van der Waals surface area (Å²) in [6.45, 7) is 8.67. The van der Waals surface area contributed by atoms with Crippen molar-refractivity contribution >= 4 is 28.8 Å². The number of carbonyl (C=O) groups excluding carboxylic acids is 1. The van der Waals surface area contributed by atoms with E-state index in [2.05, 4.69) is 60.2 Å². The molecule has 4 aliphatic rings. The molecule has 0 radical (unpaired) electrons. The Bertz CT molecular complexity index is 1110. The molecule has 1 N–H and O–H groups in total. The van der Waals surface area contributed by atoms with Crippen molar-refractivity contribution in [2.45, 2.75) is 89.8 Å². The Morgan fingerprint density at radius 2 is 1.81 bits per heavy atom. The van der Waals surface area contributed by atoms with Crippen molar-refractivity contribution in [3.8, 4) is 0 Å². The molecule has 1 aromatic heterocycles. The molecular weight excluding hydrogens is 452 g/mol. The number of morpholine rings is 1. The van der Waals surface area contributed by atoms with Crippen LogP contribution in [0.25, 0.3) is 0 Å². The third-order valence-electron chi connectivity index (χ3n) is 7.96. The number of benzene rings is 1. The van der Waals surface area contributed by atoms with Crippen LogP contribution in [0, 0.1) is 5.92 Å². The van der Waals surface area contributed by atoms with Gasteiger partial charge < -0.3 is 24.6 Å². The fourth-order valence-electron chi connectivity index (χ4n) is 6.28. The number of hydrogen-bond donors (Lipinski definition) is 1. The summed E-state index contributed by atoms with van der Waals surface area (Å²) in [6.07, 6.45) is 8.55. The molecule has 2 bridgehead atoms. The highest BCUT2D eigenvalue weighted by Crippen LogP contribution is 2.41. The molecule has 6 rings (SSSR count). The minimum Gasteiger partial charge on any atom is -0.373 e. The zero-order valence-electron chi connectivity index (χ0n) is 21.7. The van der Waals surface area contributed by atoms with Gasteiger partial charge in [-0.15, -0.1) is 0 Å². The van der Waals surface area contributed by atoms with E-state index in [0.717, 1.165) is 80.1 Å². The standard InChI is InChI=1S/C29H38N4O3/c1-29(2,3)36-22-9-6-19(7-10-22)28(34)33-16-20-5-4-14-30-27(20)31-25-13-8-21(15-26(25)33)32-17-23-11-12-24(18-32)35-23/h4-5,8,13-15,19,22-24H,6-7,9-12,16-18H2,1-3H3,(H,30,31)/t19-,22+,23?,24?. The van der Waals surface area contributed by atoms with Crippen LogP contribution in [0.4, 0.5) is 22.9 Å². The summed E-state index contributed by atoms with van der Waals surface area (Å²) >= 11 is 0. The highest BCUT2D eigenvalue weighted by molar-refractivity contribution is 6.00. The Hall–Kier alpha value is -2.64. The number of pyridine rings is 1. The van der Waals surface area contributed by atoms with Crippen LogP contribution in [0.5, 0.6) is 0 Å². The maximum Gasteiger partial charge on any atom is 0.230 e. The third-order valence-corrected chi connectivity index (χ3v) is 7.96. The first-order chi connectivity index (χ1) is 17.3. The summed E-state index contributed by atoms with van der Waals surface area (Å²) in [5, 5.41) is 3.52. The van der Waals surface area contributed by atoms with Crippen LogP contribution in [0.2, 0.25) is 0 Å². The lowest BCUT2D eigenvalue weighted by molar-refractivity contribution is -0.126. The van der Waals surface area contributed by atoms with E-state index in [9.17, 15) is 4.79 Å². The SMILES string of the molecule is CC(C)(C)O[C@H]1CC[C@@H](C(=O)N2Cc3cccnc3Nc3ccc(N4CC5CCC(C4)O5)cc32)CC1. The second kappa shape index (κ2) is 9.34. The van der Waals surface area contributed by atoms with Crippen molar-refractivity contribution in [2.75, 3.05) is 28.2 Å². The molecule has 0 spiro atoms. The molecule has 36 heavy (non-hydrogen) atoms. The minimum atomic E-state index is -0.150. The minimum absolute atomic E-state index is 0.0128. The summed E-state index contributed by atoms with van der Waals surface area (Å²) in [4.78, 5) is 23.1. The van der Waals surface area contributed by atoms with E-state index < -0.39 is 0 Å². The quantitative estimate of drug-likeness (QED) is 0.620. The summed E-state index contributed by atoms with van der Waals surface area (Å²) in [7, 11) is 0. The molecule has 3 aliphatic heterocycles. The van der Waals surface area contributed by atoms with Gasteiger partial charge in [0.2, 0.25) is 5.91 Å². The number of fused-ring (bicyclic) bond motifs is 4. The molecule has 3 fully saturated rings. The lowest BCUT2D eigenvalue weighted by atomic mass is 9.86. The van der Waals surface area contributed by atoms with Crippen molar-refractivity contribution in [3.63, 3.8) is 0 Å². The predicted octanol–water partition coefficient (Wildman–Crippen LogP) is 5.41. The number of nitrogens with zero attached hydrogens (tertiary/aromatic N) is 3. The van der Waals surface area contributed by atoms with E-state index >= 15 is 0 Å². The summed E-state index contributed by atoms with van der Waals surface area (Å²) in [5.74, 6) is 1.05. The molecule has 2 unspecified atom stereocenters. The van der Waals surface area contributed by atoms with E-state index in [1.54, 1.807) is 6.20 Å². The van der Waals surface area contributed by atoms with Crippen LogP contribution in [0.1, 0.15) is 64.9 Å². The van der Waals surface area contributed by atoms with Crippen LogP contribution in [-0.4, -0.2) is 47.9 Å². The zero-order chi connectivity index (χ0) is 24.9. The fraction of sp³-hybridized carbons (Fsp3) is 0.586. The van der Waals surface area contributed by atoms with Crippen molar-refractivity contribution in [2.24, 2.45) is 5.92 Å². The predicted molar refractivity (Wildman–Crippen MR) is 142 cm³/mol. The maximum absolute atomic E-state index is 14.1. The van der Waals surface area contributed by atoms with Crippen molar-refractivity contribution in [1.82, 2.24) is 4.98 Å². The van der Waals surface area contributed by atoms with Crippen LogP contribution in [-0.2, 0) is 20.8 Å². The number of aromatic nitrogens is 1. The molecular formula is C29H38N4O3. The zero-order valence-corrected chi connectivity index (χ0v) is 21.7. The molecule has 1 saturated carbocycles. The van der Waals surface area contributed by atoms with Gasteiger partial charge in [-0.2, -0.15) is 0 Å². The first-order valence-electron chi connectivity index (χ1n) is 13.6. The van der Waals surface area contributed by atoms with Gasteiger partial charge in [0.1, 0.15) is 5.82 Å². The average molecular weight is 491 g/mol. The van der Waals surface area contributed by atoms with Crippen LogP contribution < -0.4 is 15.1 Å². The van der Waals surface area contributed by atoms with Gasteiger partial charge in [0.15, 0.2) is 0 Å². The van der Waals surface area contributed by atoms with E-state index in [4.69, 9.17) is 9.47 Å². The van der Waals surface area contributed by atoms with Crippen molar-refractivity contribution < 1.29 is 14.3 Å². The number of rotatable bonds is 3. The van der Waals surface area contributed by atoms with Gasteiger partial charge >= 0.3 is 0 Å². The summed E-state index contributed by atoms with van der Waals surface area (Å²) in [6, 6.07) is 10.5. The third kappa shape index (κ3) is 4.83. The maximum atomic E-state index is 14.1. The lowest BCUT2D eigenvalue weighted by Crippen LogP contribution is -2.43. The van der Waals surface area contributed by atoms with E-state index in [-0.39, 0.29) is 23.5 Å². The second-order valence-electron chi connectivity index (χ2n) is 11.8. The molecule has 1 aromatic carbocycles. The molecule has 192 valence electrons. The monoisotopic (exact) mass is 490 g/mol. The van der Waals surface area contributed by atoms with Crippen LogP contribution in [0.3, 0.4) is 0 Å². The smallest absolute Gasteiger partial charge is 0.230 e. The van der Waals surface area contributed by atoms with Gasteiger partial charge in [-0.1, -0.05) is 6.07 Å². The first kappa shape index (κ1) is 23.7.